The summed E-state index contributed by atoms with van der Waals surface area (Å²) in [5, 5.41) is 3.72. The molecular formula is C18H26N6. The van der Waals surface area contributed by atoms with E-state index < -0.39 is 0 Å². The molecule has 128 valence electrons. The Balaban J connectivity index is 1.61. The average Bonchev–Trinajstić information content (AvgIpc) is 3.14. The van der Waals surface area contributed by atoms with Crippen molar-refractivity contribution >= 4 is 5.95 Å². The number of aryl methyl sites for hydroxylation is 1. The topological polar surface area (TPSA) is 69.7 Å². The van der Waals surface area contributed by atoms with Gasteiger partial charge in [-0.25, -0.2) is 15.0 Å². The van der Waals surface area contributed by atoms with Crippen LogP contribution in [0.15, 0.2) is 12.4 Å². The minimum atomic E-state index is -0.0566. The summed E-state index contributed by atoms with van der Waals surface area (Å²) in [5.74, 6) is 1.47. The van der Waals surface area contributed by atoms with Crippen LogP contribution < -0.4 is 10.2 Å². The third-order valence-electron chi connectivity index (χ3n) is 5.07. The van der Waals surface area contributed by atoms with Crippen LogP contribution in [-0.4, -0.2) is 39.6 Å². The number of aromatic amines is 1. The summed E-state index contributed by atoms with van der Waals surface area (Å²) in [6.07, 6.45) is 4.89. The molecule has 1 saturated heterocycles. The smallest absolute Gasteiger partial charge is 0.225 e. The van der Waals surface area contributed by atoms with Crippen LogP contribution in [0.3, 0.4) is 0 Å². The van der Waals surface area contributed by atoms with E-state index in [1.807, 2.05) is 6.33 Å². The van der Waals surface area contributed by atoms with Crippen LogP contribution in [0.25, 0.3) is 0 Å². The predicted octanol–water partition coefficient (Wildman–Crippen LogP) is 1.96. The quantitative estimate of drug-likeness (QED) is 0.902. The van der Waals surface area contributed by atoms with Gasteiger partial charge in [0, 0.05) is 43.1 Å². The Morgan fingerprint density at radius 3 is 3.04 bits per heavy atom. The van der Waals surface area contributed by atoms with Crippen LogP contribution in [0, 0.1) is 12.8 Å². The lowest BCUT2D eigenvalue weighted by molar-refractivity contribution is 0.339. The first-order valence-corrected chi connectivity index (χ1v) is 8.93. The zero-order valence-corrected chi connectivity index (χ0v) is 14.8. The normalized spacial score (nSPS) is 23.2. The molecule has 2 aromatic heterocycles. The Labute approximate surface area is 143 Å². The first kappa shape index (κ1) is 15.6. The molecule has 6 nitrogen and oxygen atoms in total. The molecule has 0 aliphatic carbocycles. The van der Waals surface area contributed by atoms with Crippen molar-refractivity contribution in [3.8, 4) is 0 Å². The second-order valence-electron chi connectivity index (χ2n) is 7.56. The fourth-order valence-electron chi connectivity index (χ4n) is 4.03. The van der Waals surface area contributed by atoms with Gasteiger partial charge in [-0.1, -0.05) is 13.8 Å². The molecule has 1 atom stereocenters. The summed E-state index contributed by atoms with van der Waals surface area (Å²) in [4.78, 5) is 19.8. The van der Waals surface area contributed by atoms with Crippen molar-refractivity contribution < 1.29 is 0 Å². The molecule has 0 aromatic carbocycles. The van der Waals surface area contributed by atoms with Gasteiger partial charge in [0.2, 0.25) is 5.95 Å². The van der Waals surface area contributed by atoms with Crippen molar-refractivity contribution in [1.82, 2.24) is 25.3 Å². The molecule has 4 heterocycles. The number of rotatable bonds is 3. The van der Waals surface area contributed by atoms with Crippen LogP contribution in [0.1, 0.15) is 43.0 Å². The van der Waals surface area contributed by atoms with Gasteiger partial charge in [-0.2, -0.15) is 0 Å². The van der Waals surface area contributed by atoms with E-state index in [-0.39, 0.29) is 5.54 Å². The van der Waals surface area contributed by atoms with Gasteiger partial charge in [-0.15, -0.1) is 0 Å². The SMILES string of the molecule is Cc1cc(CC(C)C)nc(N2CC[C@@]3(C2)NCCc2[nH]cnc23)n1. The Morgan fingerprint density at radius 2 is 2.21 bits per heavy atom. The molecule has 0 bridgehead atoms. The maximum atomic E-state index is 4.84. The lowest BCUT2D eigenvalue weighted by Gasteiger charge is -2.33. The molecule has 1 fully saturated rings. The van der Waals surface area contributed by atoms with Crippen molar-refractivity contribution in [1.29, 1.82) is 0 Å². The lowest BCUT2D eigenvalue weighted by atomic mass is 9.89. The summed E-state index contributed by atoms with van der Waals surface area (Å²) < 4.78 is 0. The zero-order chi connectivity index (χ0) is 16.7. The van der Waals surface area contributed by atoms with Crippen molar-refractivity contribution in [3.63, 3.8) is 0 Å². The molecule has 0 radical (unpaired) electrons. The number of nitrogens with one attached hydrogen (secondary N) is 2. The summed E-state index contributed by atoms with van der Waals surface area (Å²) in [6.45, 7) is 9.36. The molecule has 24 heavy (non-hydrogen) atoms. The number of imidazole rings is 1. The highest BCUT2D eigenvalue weighted by Crippen LogP contribution is 2.36. The van der Waals surface area contributed by atoms with Crippen molar-refractivity contribution in [3.05, 3.63) is 35.2 Å². The predicted molar refractivity (Wildman–Crippen MR) is 94.1 cm³/mol. The van der Waals surface area contributed by atoms with Crippen LogP contribution in [-0.2, 0) is 18.4 Å². The summed E-state index contributed by atoms with van der Waals surface area (Å²) >= 11 is 0. The molecule has 6 heteroatoms. The van der Waals surface area contributed by atoms with Gasteiger partial charge in [-0.3, -0.25) is 0 Å². The van der Waals surface area contributed by atoms with E-state index in [4.69, 9.17) is 9.97 Å². The number of hydrogen-bond acceptors (Lipinski definition) is 5. The van der Waals surface area contributed by atoms with E-state index in [1.54, 1.807) is 0 Å². The van der Waals surface area contributed by atoms with Crippen LogP contribution in [0.4, 0.5) is 5.95 Å². The van der Waals surface area contributed by atoms with E-state index in [2.05, 4.69) is 47.0 Å². The Bertz CT molecular complexity index is 737. The highest BCUT2D eigenvalue weighted by Gasteiger charge is 2.45. The molecular weight excluding hydrogens is 300 g/mol. The van der Waals surface area contributed by atoms with Gasteiger partial charge >= 0.3 is 0 Å². The van der Waals surface area contributed by atoms with Gasteiger partial charge < -0.3 is 15.2 Å². The molecule has 0 unspecified atom stereocenters. The molecule has 0 saturated carbocycles. The van der Waals surface area contributed by atoms with E-state index in [9.17, 15) is 0 Å². The fourth-order valence-corrected chi connectivity index (χ4v) is 4.03. The van der Waals surface area contributed by atoms with Crippen LogP contribution in [0.5, 0.6) is 0 Å². The zero-order valence-electron chi connectivity index (χ0n) is 14.8. The second kappa shape index (κ2) is 5.84. The molecule has 1 spiro atoms. The average molecular weight is 326 g/mol. The van der Waals surface area contributed by atoms with Crippen LogP contribution >= 0.6 is 0 Å². The maximum absolute atomic E-state index is 4.84. The molecule has 0 amide bonds. The minimum Gasteiger partial charge on any atom is -0.348 e. The Morgan fingerprint density at radius 1 is 1.33 bits per heavy atom. The monoisotopic (exact) mass is 326 g/mol. The number of nitrogens with zero attached hydrogens (tertiary/aromatic N) is 4. The largest absolute Gasteiger partial charge is 0.348 e. The van der Waals surface area contributed by atoms with E-state index >= 15 is 0 Å². The van der Waals surface area contributed by atoms with Gasteiger partial charge in [0.05, 0.1) is 17.6 Å². The number of hydrogen-bond donors (Lipinski definition) is 2. The highest BCUT2D eigenvalue weighted by atomic mass is 15.3. The van der Waals surface area contributed by atoms with E-state index in [0.717, 1.165) is 56.2 Å². The minimum absolute atomic E-state index is 0.0566. The molecule has 2 aliphatic rings. The fraction of sp³-hybridized carbons (Fsp3) is 0.611. The van der Waals surface area contributed by atoms with Gasteiger partial charge in [0.25, 0.3) is 0 Å². The summed E-state index contributed by atoms with van der Waals surface area (Å²) in [5.41, 5.74) is 4.60. The number of aromatic nitrogens is 4. The Kier molecular flexibility index (Phi) is 3.79. The van der Waals surface area contributed by atoms with Crippen molar-refractivity contribution in [2.24, 2.45) is 5.92 Å². The lowest BCUT2D eigenvalue weighted by Crippen LogP contribution is -2.49. The molecule has 2 N–H and O–H groups in total. The summed E-state index contributed by atoms with van der Waals surface area (Å²) in [6, 6.07) is 2.11. The van der Waals surface area contributed by atoms with Crippen LogP contribution in [0.2, 0.25) is 0 Å². The van der Waals surface area contributed by atoms with Gasteiger partial charge in [0.1, 0.15) is 0 Å². The number of H-pyrrole nitrogens is 1. The third-order valence-corrected chi connectivity index (χ3v) is 5.07. The first-order valence-electron chi connectivity index (χ1n) is 8.93. The van der Waals surface area contributed by atoms with E-state index in [1.165, 1.54) is 11.4 Å². The van der Waals surface area contributed by atoms with Crippen molar-refractivity contribution in [2.75, 3.05) is 24.5 Å². The Hall–Kier alpha value is -1.95. The first-order chi connectivity index (χ1) is 11.6. The highest BCUT2D eigenvalue weighted by molar-refractivity contribution is 5.40. The third kappa shape index (κ3) is 2.69. The molecule has 4 rings (SSSR count). The molecule has 2 aromatic rings. The number of fused-ring (bicyclic) bond motifs is 2. The van der Waals surface area contributed by atoms with Gasteiger partial charge in [-0.05, 0) is 31.7 Å². The van der Waals surface area contributed by atoms with Crippen molar-refractivity contribution in [2.45, 2.75) is 45.6 Å². The standard InChI is InChI=1S/C18H26N6/c1-12(2)8-14-9-13(3)22-17(23-14)24-7-5-18(10-24)16-15(4-6-21-18)19-11-20-16/h9,11-12,21H,4-8,10H2,1-3H3,(H,19,20)/t18-/m0/s1. The molecule has 2 aliphatic heterocycles. The summed E-state index contributed by atoms with van der Waals surface area (Å²) in [7, 11) is 0. The maximum Gasteiger partial charge on any atom is 0.225 e. The van der Waals surface area contributed by atoms with Gasteiger partial charge in [0.15, 0.2) is 0 Å². The number of anilines is 1. The second-order valence-corrected chi connectivity index (χ2v) is 7.56. The van der Waals surface area contributed by atoms with E-state index in [0.29, 0.717) is 5.92 Å².